The summed E-state index contributed by atoms with van der Waals surface area (Å²) in [5.41, 5.74) is 2.93. The van der Waals surface area contributed by atoms with Crippen molar-refractivity contribution in [1.29, 1.82) is 0 Å². The topological polar surface area (TPSA) is 63.6 Å². The van der Waals surface area contributed by atoms with Gasteiger partial charge in [0, 0.05) is 21.3 Å². The first kappa shape index (κ1) is 22.2. The average molecular weight is 447 g/mol. The van der Waals surface area contributed by atoms with Gasteiger partial charge in [-0.2, -0.15) is 0 Å². The SMILES string of the molecule is CCOc1ccc2c(c1)SC(c1ccccc1C(=O)c1ccccc1C(=O)O)CC2(C)C. The summed E-state index contributed by atoms with van der Waals surface area (Å²) in [4.78, 5) is 26.3. The molecule has 0 amide bonds. The van der Waals surface area contributed by atoms with Gasteiger partial charge in [-0.15, -0.1) is 11.8 Å². The Labute approximate surface area is 192 Å². The molecule has 0 saturated heterocycles. The van der Waals surface area contributed by atoms with Crippen LogP contribution in [-0.2, 0) is 5.41 Å². The standard InChI is InChI=1S/C27H26O4S/c1-4-31-17-13-14-22-23(15-17)32-24(16-27(22,2)3)18-9-5-6-10-19(18)25(28)20-11-7-8-12-21(20)26(29)30/h5-15,24H,4,16H2,1-3H3,(H,29,30). The molecule has 0 aliphatic carbocycles. The lowest BCUT2D eigenvalue weighted by atomic mass is 9.78. The smallest absolute Gasteiger partial charge is 0.336 e. The van der Waals surface area contributed by atoms with Gasteiger partial charge in [0.25, 0.3) is 0 Å². The summed E-state index contributed by atoms with van der Waals surface area (Å²) < 4.78 is 5.71. The fourth-order valence-electron chi connectivity index (χ4n) is 4.35. The van der Waals surface area contributed by atoms with Crippen LogP contribution in [0.3, 0.4) is 0 Å². The molecular formula is C27H26O4S. The molecule has 1 N–H and O–H groups in total. The van der Waals surface area contributed by atoms with E-state index in [4.69, 9.17) is 4.74 Å². The highest BCUT2D eigenvalue weighted by Crippen LogP contribution is 2.53. The molecule has 0 aromatic heterocycles. The summed E-state index contributed by atoms with van der Waals surface area (Å²) in [6.45, 7) is 7.03. The molecule has 1 aliphatic rings. The van der Waals surface area contributed by atoms with Gasteiger partial charge < -0.3 is 9.84 Å². The Hall–Kier alpha value is -3.05. The Balaban J connectivity index is 1.76. The molecule has 0 saturated carbocycles. The number of aromatic carboxylic acids is 1. The Bertz CT molecular complexity index is 1180. The molecule has 0 fully saturated rings. The maximum atomic E-state index is 13.5. The van der Waals surface area contributed by atoms with Crippen molar-refractivity contribution >= 4 is 23.5 Å². The van der Waals surface area contributed by atoms with Crippen molar-refractivity contribution in [2.45, 2.75) is 42.8 Å². The molecule has 5 heteroatoms. The van der Waals surface area contributed by atoms with Crippen molar-refractivity contribution < 1.29 is 19.4 Å². The lowest BCUT2D eigenvalue weighted by molar-refractivity contribution is 0.0692. The average Bonchev–Trinajstić information content (AvgIpc) is 2.78. The number of rotatable bonds is 6. The number of carboxylic acid groups (broad SMARTS) is 1. The molecule has 164 valence electrons. The van der Waals surface area contributed by atoms with Crippen molar-refractivity contribution in [3.8, 4) is 5.75 Å². The van der Waals surface area contributed by atoms with Gasteiger partial charge in [0.2, 0.25) is 0 Å². The van der Waals surface area contributed by atoms with Crippen LogP contribution < -0.4 is 4.74 Å². The first-order valence-corrected chi connectivity index (χ1v) is 11.6. The van der Waals surface area contributed by atoms with Crippen molar-refractivity contribution in [3.05, 3.63) is 94.5 Å². The zero-order chi connectivity index (χ0) is 22.9. The predicted octanol–water partition coefficient (Wildman–Crippen LogP) is 6.53. The van der Waals surface area contributed by atoms with Crippen molar-refractivity contribution in [2.24, 2.45) is 0 Å². The zero-order valence-corrected chi connectivity index (χ0v) is 19.2. The van der Waals surface area contributed by atoms with E-state index in [0.29, 0.717) is 12.2 Å². The number of thioether (sulfide) groups is 1. The second-order valence-electron chi connectivity index (χ2n) is 8.55. The minimum atomic E-state index is -1.10. The van der Waals surface area contributed by atoms with Gasteiger partial charge in [-0.3, -0.25) is 4.79 Å². The van der Waals surface area contributed by atoms with Crippen LogP contribution in [0, 0.1) is 0 Å². The summed E-state index contributed by atoms with van der Waals surface area (Å²) in [6.07, 6.45) is 0.865. The van der Waals surface area contributed by atoms with Gasteiger partial charge in [-0.25, -0.2) is 4.79 Å². The molecule has 1 heterocycles. The predicted molar refractivity (Wildman–Crippen MR) is 127 cm³/mol. The molecule has 1 aliphatic heterocycles. The maximum Gasteiger partial charge on any atom is 0.336 e. The molecule has 32 heavy (non-hydrogen) atoms. The van der Waals surface area contributed by atoms with E-state index < -0.39 is 5.97 Å². The van der Waals surface area contributed by atoms with Gasteiger partial charge in [0.1, 0.15) is 5.75 Å². The minimum Gasteiger partial charge on any atom is -0.494 e. The van der Waals surface area contributed by atoms with E-state index in [1.807, 2.05) is 31.2 Å². The highest BCUT2D eigenvalue weighted by molar-refractivity contribution is 7.99. The van der Waals surface area contributed by atoms with Crippen LogP contribution in [0.15, 0.2) is 71.6 Å². The third-order valence-electron chi connectivity index (χ3n) is 5.91. The molecule has 1 atom stereocenters. The van der Waals surface area contributed by atoms with E-state index in [0.717, 1.165) is 22.6 Å². The second kappa shape index (κ2) is 8.83. The van der Waals surface area contributed by atoms with Gasteiger partial charge >= 0.3 is 5.97 Å². The third-order valence-corrected chi connectivity index (χ3v) is 7.21. The summed E-state index contributed by atoms with van der Waals surface area (Å²) in [6, 6.07) is 20.2. The van der Waals surface area contributed by atoms with Crippen LogP contribution in [0.4, 0.5) is 0 Å². The highest BCUT2D eigenvalue weighted by atomic mass is 32.2. The van der Waals surface area contributed by atoms with Gasteiger partial charge in [-0.05, 0) is 48.1 Å². The van der Waals surface area contributed by atoms with Crippen LogP contribution in [0.2, 0.25) is 0 Å². The van der Waals surface area contributed by atoms with E-state index in [1.165, 1.54) is 11.6 Å². The van der Waals surface area contributed by atoms with Crippen LogP contribution in [0.25, 0.3) is 0 Å². The number of hydrogen-bond acceptors (Lipinski definition) is 4. The monoisotopic (exact) mass is 446 g/mol. The van der Waals surface area contributed by atoms with Crippen molar-refractivity contribution in [2.75, 3.05) is 6.61 Å². The van der Waals surface area contributed by atoms with Crippen LogP contribution >= 0.6 is 11.8 Å². The van der Waals surface area contributed by atoms with Gasteiger partial charge in [-0.1, -0.05) is 62.4 Å². The highest BCUT2D eigenvalue weighted by Gasteiger charge is 2.36. The minimum absolute atomic E-state index is 0.0237. The second-order valence-corrected chi connectivity index (χ2v) is 9.80. The molecule has 4 rings (SSSR count). The van der Waals surface area contributed by atoms with E-state index in [1.54, 1.807) is 36.0 Å². The number of ketones is 1. The molecular weight excluding hydrogens is 420 g/mol. The van der Waals surface area contributed by atoms with Crippen LogP contribution in [-0.4, -0.2) is 23.5 Å². The fraction of sp³-hybridized carbons (Fsp3) is 0.259. The summed E-state index contributed by atoms with van der Waals surface area (Å²) >= 11 is 1.74. The Morgan fingerprint density at radius 1 is 1.00 bits per heavy atom. The molecule has 1 unspecified atom stereocenters. The maximum absolute atomic E-state index is 13.5. The first-order chi connectivity index (χ1) is 15.3. The number of benzene rings is 3. The molecule has 3 aromatic carbocycles. The van der Waals surface area contributed by atoms with Gasteiger partial charge in [0.15, 0.2) is 5.78 Å². The Morgan fingerprint density at radius 2 is 1.66 bits per heavy atom. The summed E-state index contributed by atoms with van der Waals surface area (Å²) in [5, 5.41) is 9.62. The fourth-order valence-corrected chi connectivity index (χ4v) is 6.15. The summed E-state index contributed by atoms with van der Waals surface area (Å²) in [5.74, 6) is -0.516. The number of carbonyl (C=O) groups is 2. The quantitative estimate of drug-likeness (QED) is 0.436. The molecule has 0 bridgehead atoms. The van der Waals surface area contributed by atoms with Crippen LogP contribution in [0.1, 0.15) is 69.8 Å². The van der Waals surface area contributed by atoms with E-state index >= 15 is 0 Å². The zero-order valence-electron chi connectivity index (χ0n) is 18.4. The van der Waals surface area contributed by atoms with Crippen molar-refractivity contribution in [1.82, 2.24) is 0 Å². The number of ether oxygens (including phenoxy) is 1. The molecule has 3 aromatic rings. The number of carbonyl (C=O) groups excluding carboxylic acids is 1. The normalized spacial score (nSPS) is 16.8. The van der Waals surface area contributed by atoms with Crippen molar-refractivity contribution in [3.63, 3.8) is 0 Å². The molecule has 4 nitrogen and oxygen atoms in total. The van der Waals surface area contributed by atoms with E-state index in [9.17, 15) is 14.7 Å². The van der Waals surface area contributed by atoms with Crippen LogP contribution in [0.5, 0.6) is 5.75 Å². The van der Waals surface area contributed by atoms with E-state index in [2.05, 4.69) is 26.0 Å². The van der Waals surface area contributed by atoms with E-state index in [-0.39, 0.29) is 27.6 Å². The molecule has 0 spiro atoms. The number of fused-ring (bicyclic) bond motifs is 1. The van der Waals surface area contributed by atoms with Gasteiger partial charge in [0.05, 0.1) is 12.2 Å². The first-order valence-electron chi connectivity index (χ1n) is 10.7. The molecule has 0 radical (unpaired) electrons. The Kier molecular flexibility index (Phi) is 6.11. The summed E-state index contributed by atoms with van der Waals surface area (Å²) in [7, 11) is 0. The Morgan fingerprint density at radius 3 is 2.34 bits per heavy atom. The number of carboxylic acids is 1. The third kappa shape index (κ3) is 4.17. The largest absolute Gasteiger partial charge is 0.494 e. The lowest BCUT2D eigenvalue weighted by Crippen LogP contribution is -2.25. The number of hydrogen-bond donors (Lipinski definition) is 1. The lowest BCUT2D eigenvalue weighted by Gasteiger charge is -2.38.